The molecule has 31 heavy (non-hydrogen) atoms. The van der Waals surface area contributed by atoms with Gasteiger partial charge >= 0.3 is 5.97 Å². The fraction of sp³-hybridized carbons (Fsp3) is 0.261. The number of hydrogen-bond acceptors (Lipinski definition) is 6. The Morgan fingerprint density at radius 1 is 1.03 bits per heavy atom. The van der Waals surface area contributed by atoms with Gasteiger partial charge in [-0.2, -0.15) is 5.10 Å². The third-order valence-corrected chi connectivity index (χ3v) is 5.18. The number of hydrogen-bond donors (Lipinski definition) is 0. The second kappa shape index (κ2) is 8.51. The third kappa shape index (κ3) is 4.23. The Morgan fingerprint density at radius 3 is 2.65 bits per heavy atom. The minimum absolute atomic E-state index is 0.119. The second-order valence-corrected chi connectivity index (χ2v) is 7.23. The van der Waals surface area contributed by atoms with Crippen LogP contribution in [0.4, 0.5) is 0 Å². The molecule has 0 fully saturated rings. The van der Waals surface area contributed by atoms with Crippen LogP contribution in [0, 0.1) is 0 Å². The van der Waals surface area contributed by atoms with E-state index in [-0.39, 0.29) is 19.0 Å². The number of imidazole rings is 1. The summed E-state index contributed by atoms with van der Waals surface area (Å²) in [5, 5.41) is 4.53. The zero-order chi connectivity index (χ0) is 22.0. The number of nitrogens with zero attached hydrogens (tertiary/aromatic N) is 4. The summed E-state index contributed by atoms with van der Waals surface area (Å²) in [6.07, 6.45) is 1.88. The molecule has 0 saturated carbocycles. The van der Waals surface area contributed by atoms with Gasteiger partial charge in [-0.05, 0) is 35.9 Å². The summed E-state index contributed by atoms with van der Waals surface area (Å²) in [6.45, 7) is 0.197. The molecule has 2 heterocycles. The Hall–Kier alpha value is -3.81. The van der Waals surface area contributed by atoms with Crippen molar-refractivity contribution in [3.63, 3.8) is 0 Å². The average molecular weight is 420 g/mol. The van der Waals surface area contributed by atoms with Gasteiger partial charge in [0.25, 0.3) is 0 Å². The monoisotopic (exact) mass is 420 g/mol. The lowest BCUT2D eigenvalue weighted by molar-refractivity contribution is -0.144. The van der Waals surface area contributed by atoms with Crippen molar-refractivity contribution >= 4 is 17.0 Å². The van der Waals surface area contributed by atoms with E-state index in [4.69, 9.17) is 14.2 Å². The van der Waals surface area contributed by atoms with Crippen LogP contribution >= 0.6 is 0 Å². The highest BCUT2D eigenvalue weighted by Gasteiger charge is 2.16. The Bertz CT molecular complexity index is 1240. The van der Waals surface area contributed by atoms with E-state index in [2.05, 4.69) is 10.1 Å². The molecular weight excluding hydrogens is 396 g/mol. The molecular formula is C23H24N4O4. The molecule has 4 rings (SSSR count). The number of aromatic nitrogens is 4. The molecule has 0 aliphatic heterocycles. The summed E-state index contributed by atoms with van der Waals surface area (Å²) in [7, 11) is 6.95. The lowest BCUT2D eigenvalue weighted by atomic mass is 10.1. The second-order valence-electron chi connectivity index (χ2n) is 7.23. The van der Waals surface area contributed by atoms with Crippen molar-refractivity contribution in [1.82, 2.24) is 19.3 Å². The van der Waals surface area contributed by atoms with Crippen molar-refractivity contribution in [2.45, 2.75) is 13.0 Å². The van der Waals surface area contributed by atoms with Crippen LogP contribution in [0.15, 0.2) is 48.8 Å². The smallest absolute Gasteiger partial charge is 0.312 e. The van der Waals surface area contributed by atoms with Crippen molar-refractivity contribution in [2.24, 2.45) is 14.1 Å². The third-order valence-electron chi connectivity index (χ3n) is 5.18. The van der Waals surface area contributed by atoms with Crippen molar-refractivity contribution in [1.29, 1.82) is 0 Å². The Labute approximate surface area is 180 Å². The number of benzene rings is 2. The van der Waals surface area contributed by atoms with Gasteiger partial charge in [-0.15, -0.1) is 0 Å². The molecule has 4 aromatic rings. The van der Waals surface area contributed by atoms with Crippen molar-refractivity contribution in [3.05, 3.63) is 60.0 Å². The predicted molar refractivity (Wildman–Crippen MR) is 116 cm³/mol. The predicted octanol–water partition coefficient (Wildman–Crippen LogP) is 3.28. The minimum atomic E-state index is -0.322. The zero-order valence-electron chi connectivity index (χ0n) is 18.0. The van der Waals surface area contributed by atoms with Gasteiger partial charge < -0.3 is 18.8 Å². The van der Waals surface area contributed by atoms with E-state index in [0.717, 1.165) is 27.9 Å². The number of esters is 1. The van der Waals surface area contributed by atoms with E-state index in [0.29, 0.717) is 17.2 Å². The molecule has 0 radical (unpaired) electrons. The highest BCUT2D eigenvalue weighted by molar-refractivity contribution is 5.76. The molecule has 0 aliphatic carbocycles. The topological polar surface area (TPSA) is 80.4 Å². The Balaban J connectivity index is 1.44. The fourth-order valence-electron chi connectivity index (χ4n) is 3.45. The van der Waals surface area contributed by atoms with Crippen molar-refractivity contribution in [2.75, 3.05) is 14.2 Å². The number of methoxy groups -OCH3 is 2. The first kappa shape index (κ1) is 20.5. The molecule has 8 heteroatoms. The molecule has 160 valence electrons. The Morgan fingerprint density at radius 2 is 1.87 bits per heavy atom. The minimum Gasteiger partial charge on any atom is -0.497 e. The zero-order valence-corrected chi connectivity index (χ0v) is 18.0. The van der Waals surface area contributed by atoms with E-state index in [9.17, 15) is 4.79 Å². The summed E-state index contributed by atoms with van der Waals surface area (Å²) in [6, 6.07) is 13.2. The number of aryl methyl sites for hydroxylation is 2. The number of rotatable bonds is 7. The van der Waals surface area contributed by atoms with Gasteiger partial charge in [0.2, 0.25) is 0 Å². The maximum absolute atomic E-state index is 12.4. The van der Waals surface area contributed by atoms with Crippen LogP contribution in [0.3, 0.4) is 0 Å². The first-order valence-corrected chi connectivity index (χ1v) is 9.79. The maximum atomic E-state index is 12.4. The van der Waals surface area contributed by atoms with E-state index >= 15 is 0 Å². The van der Waals surface area contributed by atoms with Crippen LogP contribution in [0.5, 0.6) is 11.5 Å². The molecule has 0 atom stereocenters. The molecule has 0 spiro atoms. The molecule has 8 nitrogen and oxygen atoms in total. The Kier molecular flexibility index (Phi) is 5.62. The summed E-state index contributed by atoms with van der Waals surface area (Å²) in [5.74, 6) is 1.03. The number of carbonyl (C=O) groups excluding carboxylic acids is 1. The largest absolute Gasteiger partial charge is 0.497 e. The molecule has 0 unspecified atom stereocenters. The van der Waals surface area contributed by atoms with Gasteiger partial charge in [0.15, 0.2) is 0 Å². The van der Waals surface area contributed by atoms with Gasteiger partial charge in [-0.25, -0.2) is 4.98 Å². The quantitative estimate of drug-likeness (QED) is 0.427. The van der Waals surface area contributed by atoms with E-state index < -0.39 is 0 Å². The van der Waals surface area contributed by atoms with Gasteiger partial charge in [0.05, 0.1) is 43.7 Å². The molecule has 2 aromatic carbocycles. The van der Waals surface area contributed by atoms with Crippen LogP contribution in [0.2, 0.25) is 0 Å². The van der Waals surface area contributed by atoms with Gasteiger partial charge in [-0.3, -0.25) is 9.48 Å². The molecule has 0 saturated heterocycles. The highest BCUT2D eigenvalue weighted by atomic mass is 16.5. The number of ether oxygens (including phenoxy) is 3. The summed E-state index contributed by atoms with van der Waals surface area (Å²) < 4.78 is 19.8. The first-order valence-electron chi connectivity index (χ1n) is 9.79. The van der Waals surface area contributed by atoms with Crippen LogP contribution in [-0.2, 0) is 36.7 Å². The molecule has 2 aromatic heterocycles. The van der Waals surface area contributed by atoms with Crippen LogP contribution < -0.4 is 9.47 Å². The van der Waals surface area contributed by atoms with Crippen LogP contribution in [0.1, 0.15) is 11.3 Å². The molecule has 0 N–H and O–H groups in total. The van der Waals surface area contributed by atoms with Crippen molar-refractivity contribution < 1.29 is 19.0 Å². The lowest BCUT2D eigenvalue weighted by Gasteiger charge is -2.08. The van der Waals surface area contributed by atoms with E-state index in [1.54, 1.807) is 38.3 Å². The van der Waals surface area contributed by atoms with Crippen LogP contribution in [0.25, 0.3) is 22.3 Å². The molecule has 0 amide bonds. The van der Waals surface area contributed by atoms with Gasteiger partial charge in [-0.1, -0.05) is 6.07 Å². The summed E-state index contributed by atoms with van der Waals surface area (Å²) in [5.41, 5.74) is 5.09. The standard InChI is InChI=1S/C23H24N4O4/c1-26-14-24-20-9-15(5-8-21(20)26)13-31-23(28)11-16-10-19(25-27(16)2)18-7-6-17(29-3)12-22(18)30-4/h5-10,12,14H,11,13H2,1-4H3. The summed E-state index contributed by atoms with van der Waals surface area (Å²) >= 11 is 0. The lowest BCUT2D eigenvalue weighted by Crippen LogP contribution is -2.11. The van der Waals surface area contributed by atoms with Gasteiger partial charge in [0, 0.05) is 31.4 Å². The normalized spacial score (nSPS) is 11.0. The maximum Gasteiger partial charge on any atom is 0.312 e. The number of fused-ring (bicyclic) bond motifs is 1. The van der Waals surface area contributed by atoms with E-state index in [1.165, 1.54) is 0 Å². The summed E-state index contributed by atoms with van der Waals surface area (Å²) in [4.78, 5) is 16.8. The van der Waals surface area contributed by atoms with Crippen molar-refractivity contribution in [3.8, 4) is 22.8 Å². The van der Waals surface area contributed by atoms with Gasteiger partial charge in [0.1, 0.15) is 18.1 Å². The average Bonchev–Trinajstić information content (AvgIpc) is 3.33. The SMILES string of the molecule is COc1ccc(-c2cc(CC(=O)OCc3ccc4c(c3)ncn4C)n(C)n2)c(OC)c1. The molecule has 0 aliphatic rings. The fourth-order valence-corrected chi connectivity index (χ4v) is 3.45. The van der Waals surface area contributed by atoms with Crippen LogP contribution in [-0.4, -0.2) is 39.5 Å². The number of carbonyl (C=O) groups is 1. The highest BCUT2D eigenvalue weighted by Crippen LogP contribution is 2.32. The molecule has 0 bridgehead atoms. The first-order chi connectivity index (χ1) is 15.0. The van der Waals surface area contributed by atoms with E-state index in [1.807, 2.05) is 48.0 Å².